The van der Waals surface area contributed by atoms with E-state index >= 15 is 0 Å². The van der Waals surface area contributed by atoms with Gasteiger partial charge in [-0.25, -0.2) is 0 Å². The average molecular weight is 256 g/mol. The van der Waals surface area contributed by atoms with Crippen molar-refractivity contribution >= 4 is 11.9 Å². The largest absolute Gasteiger partial charge is 0.494 e. The highest BCUT2D eigenvalue weighted by Crippen LogP contribution is 2.13. The third-order valence-electron chi connectivity index (χ3n) is 2.66. The smallest absolute Gasteiger partial charge is 0.257 e. The SMILES string of the molecule is CCOc1ccc(/C=[N+](\OC)c2ccccc2)cc1. The average Bonchev–Trinajstić information content (AvgIpc) is 2.48. The minimum Gasteiger partial charge on any atom is -0.494 e. The normalized spacial score (nSPS) is 11.2. The molecule has 3 heteroatoms. The molecule has 0 aliphatic rings. The first kappa shape index (κ1) is 13.1. The first-order chi connectivity index (χ1) is 9.33. The van der Waals surface area contributed by atoms with Crippen LogP contribution in [0.25, 0.3) is 0 Å². The van der Waals surface area contributed by atoms with Crippen molar-refractivity contribution in [3.05, 3.63) is 60.2 Å². The van der Waals surface area contributed by atoms with E-state index in [9.17, 15) is 0 Å². The maximum Gasteiger partial charge on any atom is 0.257 e. The number of hydrogen-bond donors (Lipinski definition) is 0. The van der Waals surface area contributed by atoms with Crippen molar-refractivity contribution < 1.29 is 14.3 Å². The van der Waals surface area contributed by atoms with E-state index in [1.54, 1.807) is 11.8 Å². The van der Waals surface area contributed by atoms with Gasteiger partial charge in [-0.15, -0.1) is 0 Å². The van der Waals surface area contributed by atoms with E-state index in [2.05, 4.69) is 0 Å². The number of para-hydroxylation sites is 1. The van der Waals surface area contributed by atoms with Gasteiger partial charge in [0.15, 0.2) is 0 Å². The van der Waals surface area contributed by atoms with Crippen molar-refractivity contribution in [2.24, 2.45) is 0 Å². The second-order valence-electron chi connectivity index (χ2n) is 3.98. The molecule has 0 N–H and O–H groups in total. The Bertz CT molecular complexity index is 532. The molecule has 2 aromatic rings. The van der Waals surface area contributed by atoms with Crippen LogP contribution in [0.3, 0.4) is 0 Å². The Labute approximate surface area is 113 Å². The summed E-state index contributed by atoms with van der Waals surface area (Å²) in [6.45, 7) is 2.65. The summed E-state index contributed by atoms with van der Waals surface area (Å²) in [4.78, 5) is 5.36. The molecule has 0 saturated carbocycles. The van der Waals surface area contributed by atoms with Gasteiger partial charge in [-0.3, -0.25) is 4.84 Å². The fourth-order valence-electron chi connectivity index (χ4n) is 1.76. The van der Waals surface area contributed by atoms with E-state index in [0.717, 1.165) is 17.0 Å². The Hall–Kier alpha value is -2.29. The van der Waals surface area contributed by atoms with E-state index in [4.69, 9.17) is 9.57 Å². The van der Waals surface area contributed by atoms with Gasteiger partial charge in [-0.05, 0) is 31.2 Å². The van der Waals surface area contributed by atoms with Gasteiger partial charge in [0.2, 0.25) is 6.21 Å². The molecular weight excluding hydrogens is 238 g/mol. The van der Waals surface area contributed by atoms with Crippen molar-refractivity contribution in [2.75, 3.05) is 13.7 Å². The van der Waals surface area contributed by atoms with Crippen molar-refractivity contribution in [1.82, 2.24) is 0 Å². The molecule has 0 heterocycles. The van der Waals surface area contributed by atoms with Gasteiger partial charge in [0.25, 0.3) is 5.69 Å². The molecule has 0 bridgehead atoms. The third kappa shape index (κ3) is 3.58. The topological polar surface area (TPSA) is 21.5 Å². The summed E-state index contributed by atoms with van der Waals surface area (Å²) in [5.74, 6) is 0.878. The zero-order valence-corrected chi connectivity index (χ0v) is 11.2. The van der Waals surface area contributed by atoms with Gasteiger partial charge in [-0.1, -0.05) is 18.2 Å². The Morgan fingerprint density at radius 3 is 2.26 bits per heavy atom. The highest BCUT2D eigenvalue weighted by molar-refractivity contribution is 5.76. The molecule has 19 heavy (non-hydrogen) atoms. The van der Waals surface area contributed by atoms with Gasteiger partial charge in [-0.2, -0.15) is 0 Å². The predicted octanol–water partition coefficient (Wildman–Crippen LogP) is 3.41. The molecule has 2 rings (SSSR count). The van der Waals surface area contributed by atoms with Crippen LogP contribution in [0.2, 0.25) is 0 Å². The van der Waals surface area contributed by atoms with Crippen LogP contribution in [0.1, 0.15) is 12.5 Å². The fourth-order valence-corrected chi connectivity index (χ4v) is 1.76. The number of rotatable bonds is 5. The van der Waals surface area contributed by atoms with Crippen LogP contribution in [0.4, 0.5) is 5.69 Å². The fraction of sp³-hybridized carbons (Fsp3) is 0.188. The summed E-state index contributed by atoms with van der Waals surface area (Å²) < 4.78 is 7.15. The molecule has 0 aliphatic heterocycles. The summed E-state index contributed by atoms with van der Waals surface area (Å²) >= 11 is 0. The van der Waals surface area contributed by atoms with Crippen LogP contribution in [0.15, 0.2) is 54.6 Å². The van der Waals surface area contributed by atoms with Crippen LogP contribution < -0.4 is 4.74 Å². The Morgan fingerprint density at radius 1 is 1.00 bits per heavy atom. The van der Waals surface area contributed by atoms with Crippen molar-refractivity contribution in [3.8, 4) is 5.75 Å². The molecule has 98 valence electrons. The zero-order valence-electron chi connectivity index (χ0n) is 11.2. The van der Waals surface area contributed by atoms with Gasteiger partial charge in [0.1, 0.15) is 12.9 Å². The highest BCUT2D eigenvalue weighted by atomic mass is 16.7. The summed E-state index contributed by atoms with van der Waals surface area (Å²) in [6, 6.07) is 17.8. The first-order valence-corrected chi connectivity index (χ1v) is 6.29. The number of ether oxygens (including phenoxy) is 1. The third-order valence-corrected chi connectivity index (χ3v) is 2.66. The Kier molecular flexibility index (Phi) is 4.56. The van der Waals surface area contributed by atoms with Crippen molar-refractivity contribution in [3.63, 3.8) is 0 Å². The molecule has 2 aromatic carbocycles. The molecule has 0 unspecified atom stereocenters. The summed E-state index contributed by atoms with van der Waals surface area (Å²) in [5.41, 5.74) is 2.04. The molecule has 0 saturated heterocycles. The lowest BCUT2D eigenvalue weighted by Crippen LogP contribution is -2.06. The number of hydrogen-bond acceptors (Lipinski definition) is 2. The van der Waals surface area contributed by atoms with E-state index in [1.807, 2.05) is 67.7 Å². The van der Waals surface area contributed by atoms with E-state index in [1.165, 1.54) is 0 Å². The molecule has 0 spiro atoms. The second kappa shape index (κ2) is 6.59. The van der Waals surface area contributed by atoms with Crippen LogP contribution >= 0.6 is 0 Å². The lowest BCUT2D eigenvalue weighted by Gasteiger charge is -2.02. The van der Waals surface area contributed by atoms with Crippen LogP contribution in [0.5, 0.6) is 5.75 Å². The molecule has 0 fully saturated rings. The van der Waals surface area contributed by atoms with Crippen LogP contribution in [-0.2, 0) is 4.84 Å². The van der Waals surface area contributed by atoms with E-state index < -0.39 is 0 Å². The predicted molar refractivity (Wildman–Crippen MR) is 76.1 cm³/mol. The minimum absolute atomic E-state index is 0.678. The number of nitrogens with zero attached hydrogens (tertiary/aromatic N) is 1. The van der Waals surface area contributed by atoms with Gasteiger partial charge >= 0.3 is 0 Å². The quantitative estimate of drug-likeness (QED) is 0.464. The van der Waals surface area contributed by atoms with E-state index in [-0.39, 0.29) is 0 Å². The first-order valence-electron chi connectivity index (χ1n) is 6.29. The monoisotopic (exact) mass is 256 g/mol. The number of benzene rings is 2. The van der Waals surface area contributed by atoms with Gasteiger partial charge in [0, 0.05) is 22.4 Å². The molecular formula is C16H18NO2+. The van der Waals surface area contributed by atoms with Gasteiger partial charge < -0.3 is 4.74 Å². The standard InChI is InChI=1S/C16H18NO2/c1-3-19-16-11-9-14(10-12-16)13-17(18-2)15-7-5-4-6-8-15/h4-13H,3H2,1-2H3/q+1/b17-13-. The zero-order chi connectivity index (χ0) is 13.5. The Balaban J connectivity index is 2.23. The summed E-state index contributed by atoms with van der Waals surface area (Å²) in [6.07, 6.45) is 1.94. The molecule has 0 amide bonds. The molecule has 0 aromatic heterocycles. The van der Waals surface area contributed by atoms with Crippen LogP contribution in [0, 0.1) is 0 Å². The van der Waals surface area contributed by atoms with Gasteiger partial charge in [0.05, 0.1) is 6.61 Å². The summed E-state index contributed by atoms with van der Waals surface area (Å²) in [7, 11) is 1.65. The maximum atomic E-state index is 5.42. The maximum absolute atomic E-state index is 5.42. The molecule has 0 radical (unpaired) electrons. The highest BCUT2D eigenvalue weighted by Gasteiger charge is 2.08. The summed E-state index contributed by atoms with van der Waals surface area (Å²) in [5, 5.41) is 0. The molecule has 3 nitrogen and oxygen atoms in total. The molecule has 0 atom stereocenters. The van der Waals surface area contributed by atoms with Crippen molar-refractivity contribution in [1.29, 1.82) is 0 Å². The van der Waals surface area contributed by atoms with Crippen molar-refractivity contribution in [2.45, 2.75) is 6.92 Å². The molecule has 0 aliphatic carbocycles. The van der Waals surface area contributed by atoms with E-state index in [0.29, 0.717) is 6.61 Å². The minimum atomic E-state index is 0.678. The van der Waals surface area contributed by atoms with Crippen LogP contribution in [-0.4, -0.2) is 24.7 Å². The second-order valence-corrected chi connectivity index (χ2v) is 3.98. The Morgan fingerprint density at radius 2 is 1.68 bits per heavy atom. The lowest BCUT2D eigenvalue weighted by molar-refractivity contribution is -0.716. The lowest BCUT2D eigenvalue weighted by atomic mass is 10.2.